The molecule has 3 heterocycles. The number of nitrogens with zero attached hydrogens (tertiary/aromatic N) is 5. The Morgan fingerprint density at radius 1 is 1.05 bits per heavy atom. The fourth-order valence-electron chi connectivity index (χ4n) is 4.58. The lowest BCUT2D eigenvalue weighted by molar-refractivity contribution is -0.127. The number of aromatic nitrogens is 1. The topological polar surface area (TPSA) is 134 Å². The Morgan fingerprint density at radius 2 is 1.77 bits per heavy atom. The number of hydrogen-bond acceptors (Lipinski definition) is 9. The van der Waals surface area contributed by atoms with Crippen molar-refractivity contribution in [3.05, 3.63) is 59.1 Å². The Bertz CT molecular complexity index is 1290. The molecule has 1 atom stereocenters. The molecule has 3 N–H and O–H groups in total. The predicted molar refractivity (Wildman–Crippen MR) is 157 cm³/mol. The SMILES string of the molecule is CCNC(=O)/C(C#N)=C1\SC(CNc2cccc(NC(=O)CN3CCN(c4ccccc4)CC3)n2)C(=O)N1CC. The van der Waals surface area contributed by atoms with Crippen LogP contribution in [0.3, 0.4) is 0 Å². The minimum absolute atomic E-state index is 0.0612. The zero-order valence-electron chi connectivity index (χ0n) is 22.7. The summed E-state index contributed by atoms with van der Waals surface area (Å²) < 4.78 is 0. The largest absolute Gasteiger partial charge is 0.369 e. The molecule has 0 bridgehead atoms. The van der Waals surface area contributed by atoms with E-state index in [1.54, 1.807) is 32.0 Å². The van der Waals surface area contributed by atoms with Gasteiger partial charge in [-0.2, -0.15) is 5.26 Å². The Labute approximate surface area is 238 Å². The normalized spacial score (nSPS) is 18.7. The minimum atomic E-state index is -0.526. The van der Waals surface area contributed by atoms with Gasteiger partial charge in [-0.25, -0.2) is 4.98 Å². The van der Waals surface area contributed by atoms with Crippen LogP contribution in [-0.2, 0) is 14.4 Å². The number of likely N-dealkylation sites (N-methyl/N-ethyl adjacent to an activating group) is 1. The maximum Gasteiger partial charge on any atom is 0.264 e. The van der Waals surface area contributed by atoms with Crippen LogP contribution in [-0.4, -0.2) is 90.1 Å². The molecule has 0 spiro atoms. The molecule has 1 unspecified atom stereocenters. The van der Waals surface area contributed by atoms with Crippen molar-refractivity contribution in [3.8, 4) is 6.07 Å². The summed E-state index contributed by atoms with van der Waals surface area (Å²) in [5, 5.41) is 18.0. The van der Waals surface area contributed by atoms with Gasteiger partial charge in [-0.05, 0) is 38.1 Å². The molecular formula is C28H34N8O3S. The van der Waals surface area contributed by atoms with Crippen molar-refractivity contribution >= 4 is 46.8 Å². The molecule has 2 fully saturated rings. The third kappa shape index (κ3) is 7.11. The van der Waals surface area contributed by atoms with Gasteiger partial charge in [0.05, 0.1) is 6.54 Å². The summed E-state index contributed by atoms with van der Waals surface area (Å²) in [6.45, 7) is 8.14. The number of carbonyl (C=O) groups is 3. The second-order valence-corrected chi connectivity index (χ2v) is 10.5. The summed E-state index contributed by atoms with van der Waals surface area (Å²) in [5.74, 6) is 0.121. The van der Waals surface area contributed by atoms with E-state index in [0.29, 0.717) is 29.8 Å². The smallest absolute Gasteiger partial charge is 0.264 e. The maximum atomic E-state index is 13.0. The van der Waals surface area contributed by atoms with Gasteiger partial charge in [0, 0.05) is 51.5 Å². The van der Waals surface area contributed by atoms with E-state index in [9.17, 15) is 19.6 Å². The van der Waals surface area contributed by atoms with E-state index < -0.39 is 11.2 Å². The van der Waals surface area contributed by atoms with Gasteiger partial charge in [0.2, 0.25) is 11.8 Å². The lowest BCUT2D eigenvalue weighted by Crippen LogP contribution is -2.48. The Kier molecular flexibility index (Phi) is 9.99. The summed E-state index contributed by atoms with van der Waals surface area (Å²) in [4.78, 5) is 48.4. The molecule has 2 saturated heterocycles. The molecule has 3 amide bonds. The van der Waals surface area contributed by atoms with Crippen LogP contribution in [0.5, 0.6) is 0 Å². The van der Waals surface area contributed by atoms with Gasteiger partial charge in [-0.1, -0.05) is 36.0 Å². The van der Waals surface area contributed by atoms with Crippen molar-refractivity contribution in [3.63, 3.8) is 0 Å². The monoisotopic (exact) mass is 562 g/mol. The first-order valence-corrected chi connectivity index (χ1v) is 14.2. The average molecular weight is 563 g/mol. The summed E-state index contributed by atoms with van der Waals surface area (Å²) in [6.07, 6.45) is 0. The number of para-hydroxylation sites is 1. The molecule has 40 heavy (non-hydrogen) atoms. The van der Waals surface area contributed by atoms with Crippen LogP contribution in [0.15, 0.2) is 59.1 Å². The van der Waals surface area contributed by atoms with Gasteiger partial charge >= 0.3 is 0 Å². The van der Waals surface area contributed by atoms with Crippen LogP contribution in [0.2, 0.25) is 0 Å². The molecule has 2 aromatic rings. The maximum absolute atomic E-state index is 13.0. The van der Waals surface area contributed by atoms with Gasteiger partial charge in [-0.15, -0.1) is 0 Å². The van der Waals surface area contributed by atoms with Gasteiger partial charge in [0.15, 0.2) is 0 Å². The molecule has 2 aliphatic rings. The van der Waals surface area contributed by atoms with Crippen LogP contribution < -0.4 is 20.9 Å². The second kappa shape index (κ2) is 13.8. The van der Waals surface area contributed by atoms with Crippen LogP contribution in [0.1, 0.15) is 13.8 Å². The van der Waals surface area contributed by atoms with Gasteiger partial charge < -0.3 is 25.8 Å². The first-order valence-electron chi connectivity index (χ1n) is 13.4. The lowest BCUT2D eigenvalue weighted by atomic mass is 10.2. The number of thioether (sulfide) groups is 1. The third-order valence-corrected chi connectivity index (χ3v) is 7.89. The second-order valence-electron chi connectivity index (χ2n) is 9.28. The number of hydrogen-bond donors (Lipinski definition) is 3. The van der Waals surface area contributed by atoms with Gasteiger partial charge in [0.1, 0.15) is 33.6 Å². The number of nitriles is 1. The molecule has 11 nitrogen and oxygen atoms in total. The number of benzene rings is 1. The van der Waals surface area contributed by atoms with E-state index in [2.05, 4.69) is 42.9 Å². The number of nitrogens with one attached hydrogen (secondary N) is 3. The van der Waals surface area contributed by atoms with Crippen molar-refractivity contribution < 1.29 is 14.4 Å². The van der Waals surface area contributed by atoms with E-state index in [1.165, 1.54) is 22.3 Å². The van der Waals surface area contributed by atoms with E-state index in [1.807, 2.05) is 24.3 Å². The van der Waals surface area contributed by atoms with Crippen LogP contribution >= 0.6 is 11.8 Å². The highest BCUT2D eigenvalue weighted by atomic mass is 32.2. The summed E-state index contributed by atoms with van der Waals surface area (Å²) in [7, 11) is 0. The van der Waals surface area contributed by atoms with Crippen LogP contribution in [0.25, 0.3) is 0 Å². The van der Waals surface area contributed by atoms with Crippen molar-refractivity contribution in [1.82, 2.24) is 20.1 Å². The van der Waals surface area contributed by atoms with E-state index >= 15 is 0 Å². The minimum Gasteiger partial charge on any atom is -0.369 e. The molecular weight excluding hydrogens is 528 g/mol. The lowest BCUT2D eigenvalue weighted by Gasteiger charge is -2.35. The predicted octanol–water partition coefficient (Wildman–Crippen LogP) is 2.09. The number of anilines is 3. The number of carbonyl (C=O) groups excluding carboxylic acids is 3. The number of amides is 3. The molecule has 2 aliphatic heterocycles. The highest BCUT2D eigenvalue weighted by Gasteiger charge is 2.38. The van der Waals surface area contributed by atoms with Crippen molar-refractivity contribution in [2.75, 3.05) is 67.9 Å². The van der Waals surface area contributed by atoms with Gasteiger partial charge in [-0.3, -0.25) is 19.3 Å². The molecule has 0 radical (unpaired) electrons. The van der Waals surface area contributed by atoms with E-state index in [0.717, 1.165) is 26.2 Å². The van der Waals surface area contributed by atoms with Crippen molar-refractivity contribution in [2.45, 2.75) is 19.1 Å². The summed E-state index contributed by atoms with van der Waals surface area (Å²) >= 11 is 1.19. The molecule has 1 aromatic heterocycles. The summed E-state index contributed by atoms with van der Waals surface area (Å²) in [6, 6.07) is 17.5. The number of piperazine rings is 1. The average Bonchev–Trinajstić information content (AvgIpc) is 3.28. The molecule has 210 valence electrons. The van der Waals surface area contributed by atoms with Gasteiger partial charge in [0.25, 0.3) is 5.91 Å². The van der Waals surface area contributed by atoms with E-state index in [4.69, 9.17) is 0 Å². The van der Waals surface area contributed by atoms with Crippen LogP contribution in [0.4, 0.5) is 17.3 Å². The highest BCUT2D eigenvalue weighted by molar-refractivity contribution is 8.04. The Hall–Kier alpha value is -4.08. The zero-order chi connectivity index (χ0) is 28.5. The Balaban J connectivity index is 1.29. The first kappa shape index (κ1) is 28.9. The van der Waals surface area contributed by atoms with Crippen molar-refractivity contribution in [2.24, 2.45) is 0 Å². The van der Waals surface area contributed by atoms with E-state index in [-0.39, 0.29) is 30.5 Å². The summed E-state index contributed by atoms with van der Waals surface area (Å²) in [5.41, 5.74) is 1.13. The first-order chi connectivity index (χ1) is 19.4. The molecule has 4 rings (SSSR count). The molecule has 12 heteroatoms. The third-order valence-electron chi connectivity index (χ3n) is 6.59. The molecule has 0 aliphatic carbocycles. The zero-order valence-corrected chi connectivity index (χ0v) is 23.5. The fraction of sp³-hybridized carbons (Fsp3) is 0.393. The molecule has 1 aromatic carbocycles. The Morgan fingerprint density at radius 3 is 2.45 bits per heavy atom. The number of pyridine rings is 1. The quantitative estimate of drug-likeness (QED) is 0.294. The highest BCUT2D eigenvalue weighted by Crippen LogP contribution is 2.37. The fourth-order valence-corrected chi connectivity index (χ4v) is 5.84. The van der Waals surface area contributed by atoms with Crippen LogP contribution in [0, 0.1) is 11.3 Å². The van der Waals surface area contributed by atoms with Crippen molar-refractivity contribution in [1.29, 1.82) is 5.26 Å². The standard InChI is InChI=1S/C28H34N8O3S/c1-3-30-26(38)21(17-29)28-36(4-2)27(39)22(40-28)18-31-23-11-8-12-24(32-23)33-25(37)19-34-13-15-35(16-14-34)20-9-6-5-7-10-20/h5-12,22H,3-4,13-16,18-19H2,1-2H3,(H,30,38)(H2,31,32,33,37)/b28-21-. The molecule has 0 saturated carbocycles. The number of rotatable bonds is 10.